The third-order valence-electron chi connectivity index (χ3n) is 24.0. The highest BCUT2D eigenvalue weighted by molar-refractivity contribution is 6.02. The van der Waals surface area contributed by atoms with Gasteiger partial charge >= 0.3 is 0 Å². The number of aromatic nitrogens is 20. The molecule has 0 atom stereocenters. The van der Waals surface area contributed by atoms with Gasteiger partial charge in [0.25, 0.3) is 17.7 Å². The predicted octanol–water partition coefficient (Wildman–Crippen LogP) is 15.8. The molecular formula is C92H99FN26O3. The SMILES string of the molecule is CC1(C)CC(NC(=O)c2cccc(-c3n[nH]c4ccc(-c5ncn[nH]5)cc34)c2)CC(C)(C)N1.CN1C(C)(C)CC(NC(=O)c2cccc(-c3n[nH]c4ccc(-c5ncn[nH]5)cc34)c2)CC1(C)C.Fc1ccc(-c2n[nH]c3ccc(-c4n[nH]c(C5CCCC5)n4)cc23)cc1.O=C(NC1CCNCC1)c1cccc(-c2n[nH]c3ccc(-c4ncn[nH]4)cc23)c1. The van der Waals surface area contributed by atoms with Crippen molar-refractivity contribution in [2.24, 2.45) is 0 Å². The number of hydrogen-bond donors (Lipinski definition) is 13. The molecule has 11 heterocycles. The summed E-state index contributed by atoms with van der Waals surface area (Å²) in [6, 6.07) is 53.7. The van der Waals surface area contributed by atoms with Crippen LogP contribution in [-0.4, -0.2) is 185 Å². The number of nitrogens with zero attached hydrogens (tertiary/aromatic N) is 13. The zero-order chi connectivity index (χ0) is 84.4. The number of carbonyl (C=O) groups excluding carboxylic acids is 3. The Morgan fingerprint density at radius 1 is 0.393 bits per heavy atom. The molecule has 8 aromatic carbocycles. The van der Waals surface area contributed by atoms with E-state index in [1.807, 2.05) is 146 Å². The first kappa shape index (κ1) is 80.8. The van der Waals surface area contributed by atoms with Crippen LogP contribution in [0.25, 0.3) is 134 Å². The van der Waals surface area contributed by atoms with Crippen LogP contribution in [0, 0.1) is 5.82 Å². The monoisotopic (exact) mass is 1630 g/mol. The molecule has 3 aliphatic heterocycles. The van der Waals surface area contributed by atoms with Gasteiger partial charge in [-0.1, -0.05) is 49.2 Å². The first-order valence-corrected chi connectivity index (χ1v) is 41.5. The fourth-order valence-corrected chi connectivity index (χ4v) is 18.0. The van der Waals surface area contributed by atoms with E-state index in [9.17, 15) is 18.8 Å². The number of amides is 3. The van der Waals surface area contributed by atoms with E-state index in [2.05, 4.69) is 190 Å². The van der Waals surface area contributed by atoms with Gasteiger partial charge in [0.1, 0.15) is 30.6 Å². The quantitative estimate of drug-likeness (QED) is 0.0453. The summed E-state index contributed by atoms with van der Waals surface area (Å²) in [5.74, 6) is 3.90. The number of carbonyl (C=O) groups is 3. The number of nitrogens with one attached hydrogen (secondary N) is 13. The molecule has 1 saturated carbocycles. The number of piperidine rings is 3. The first-order valence-electron chi connectivity index (χ1n) is 41.5. The smallest absolute Gasteiger partial charge is 0.251 e. The van der Waals surface area contributed by atoms with Gasteiger partial charge < -0.3 is 26.6 Å². The number of hydrogen-bond acceptors (Lipinski definition) is 18. The van der Waals surface area contributed by atoms with Gasteiger partial charge in [0.05, 0.1) is 44.8 Å². The van der Waals surface area contributed by atoms with Crippen molar-refractivity contribution in [1.82, 2.24) is 133 Å². The van der Waals surface area contributed by atoms with E-state index in [4.69, 9.17) is 4.98 Å². The summed E-state index contributed by atoms with van der Waals surface area (Å²) in [6.07, 6.45) is 14.9. The average molecular weight is 1640 g/mol. The van der Waals surface area contributed by atoms with Gasteiger partial charge in [0.2, 0.25) is 0 Å². The van der Waals surface area contributed by atoms with Crippen LogP contribution in [0.3, 0.4) is 0 Å². The molecule has 0 bridgehead atoms. The summed E-state index contributed by atoms with van der Waals surface area (Å²) in [4.78, 5) is 59.0. The lowest BCUT2D eigenvalue weighted by atomic mass is 9.77. The summed E-state index contributed by atoms with van der Waals surface area (Å²) in [5.41, 5.74) is 16.0. The standard InChI is InChI=1S/C26H31N7O.C25H29N7O.C21H21N7O.C20H18FN5/c1-25(2)13-19(14-26(3,4)33(25)5)29-24(34)18-8-6-7-16(11-18)22-20-12-17(23-27-15-28-32-23)9-10-21(20)30-31-22;1-24(2)12-18(13-25(3,4)32-24)28-23(33)17-7-5-6-15(10-17)21-19-11-16(22-26-14-27-31-22)8-9-20(19)29-30-21;29-21(25-16-6-8-22-9-7-16)15-3-1-2-13(10-15)19-17-11-14(20-23-12-24-28-20)4-5-18(17)26-27-19;21-15-8-5-12(6-9-15)18-16-11-14(7-10-17(16)23-24-18)20-22-19(25-26-20)13-3-1-2-4-13/h6-12,15,19H,13-14H2,1-5H3,(H,29,34)(H,30,31)(H,27,28,32);5-11,14,18,32H,12-13H2,1-4H3,(H,28,33)(H,29,30)(H,26,27,31);1-5,10-12,16,22H,6-9H2,(H,25,29)(H,26,27)(H,23,24,28);5-11,13H,1-4H2,(H,23,24)(H,22,25,26). The molecule has 30 heteroatoms. The van der Waals surface area contributed by atoms with Crippen LogP contribution in [0.5, 0.6) is 0 Å². The van der Waals surface area contributed by atoms with Gasteiger partial charge in [-0.2, -0.15) is 40.8 Å². The Morgan fingerprint density at radius 2 is 0.762 bits per heavy atom. The molecular weight excluding hydrogens is 1540 g/mol. The third-order valence-corrected chi connectivity index (χ3v) is 24.0. The van der Waals surface area contributed by atoms with Gasteiger partial charge in [-0.15, -0.1) is 0 Å². The Hall–Kier alpha value is -13.6. The van der Waals surface area contributed by atoms with E-state index in [1.165, 1.54) is 56.8 Å². The molecule has 8 aromatic heterocycles. The summed E-state index contributed by atoms with van der Waals surface area (Å²) < 4.78 is 13.2. The van der Waals surface area contributed by atoms with Gasteiger partial charge in [-0.05, 0) is 260 Å². The fraction of sp³-hybridized carbons (Fsp3) is 0.315. The second-order valence-corrected chi connectivity index (χ2v) is 34.8. The highest BCUT2D eigenvalue weighted by atomic mass is 19.1. The zero-order valence-corrected chi connectivity index (χ0v) is 69.6. The van der Waals surface area contributed by atoms with E-state index in [1.54, 1.807) is 12.1 Å². The summed E-state index contributed by atoms with van der Waals surface area (Å²) in [5, 5.41) is 78.8. The van der Waals surface area contributed by atoms with Crippen molar-refractivity contribution in [1.29, 1.82) is 0 Å². The second kappa shape index (κ2) is 33.9. The zero-order valence-electron chi connectivity index (χ0n) is 69.6. The maximum Gasteiger partial charge on any atom is 0.251 e. The molecule has 3 amide bonds. The number of benzene rings is 8. The number of halogens is 1. The summed E-state index contributed by atoms with van der Waals surface area (Å²) >= 11 is 0. The van der Waals surface area contributed by atoms with Gasteiger partial charge in [0, 0.05) is 129 Å². The van der Waals surface area contributed by atoms with E-state index in [-0.39, 0.29) is 63.8 Å². The minimum absolute atomic E-state index is 0.0106. The van der Waals surface area contributed by atoms with E-state index >= 15 is 0 Å². The normalized spacial score (nSPS) is 16.7. The van der Waals surface area contributed by atoms with Crippen molar-refractivity contribution in [3.8, 4) is 90.6 Å². The van der Waals surface area contributed by atoms with Crippen LogP contribution in [0.1, 0.15) is 162 Å². The van der Waals surface area contributed by atoms with E-state index in [0.717, 1.165) is 168 Å². The van der Waals surface area contributed by atoms with Crippen LogP contribution >= 0.6 is 0 Å². The van der Waals surface area contributed by atoms with Gasteiger partial charge in [0.15, 0.2) is 23.3 Å². The number of fused-ring (bicyclic) bond motifs is 4. The molecule has 4 aliphatic rings. The van der Waals surface area contributed by atoms with Crippen LogP contribution in [0.4, 0.5) is 4.39 Å². The number of likely N-dealkylation sites (tertiary alicyclic amines) is 1. The van der Waals surface area contributed by atoms with E-state index in [0.29, 0.717) is 45.9 Å². The van der Waals surface area contributed by atoms with Crippen molar-refractivity contribution in [2.75, 3.05) is 20.1 Å². The van der Waals surface area contributed by atoms with Crippen LogP contribution < -0.4 is 26.6 Å². The Morgan fingerprint density at radius 3 is 1.16 bits per heavy atom. The maximum absolute atomic E-state index is 13.2. The third kappa shape index (κ3) is 17.8. The molecule has 13 N–H and O–H groups in total. The molecule has 622 valence electrons. The molecule has 16 aromatic rings. The Balaban J connectivity index is 0.000000116. The van der Waals surface area contributed by atoms with Crippen molar-refractivity contribution in [2.45, 2.75) is 166 Å². The van der Waals surface area contributed by atoms with Crippen molar-refractivity contribution < 1.29 is 18.8 Å². The summed E-state index contributed by atoms with van der Waals surface area (Å²) in [6.45, 7) is 19.6. The Bertz CT molecular complexity index is 6340. The van der Waals surface area contributed by atoms with Crippen LogP contribution in [-0.2, 0) is 0 Å². The second-order valence-electron chi connectivity index (χ2n) is 34.8. The minimum Gasteiger partial charge on any atom is -0.349 e. The van der Waals surface area contributed by atoms with Crippen LogP contribution in [0.15, 0.2) is 189 Å². The van der Waals surface area contributed by atoms with E-state index < -0.39 is 0 Å². The van der Waals surface area contributed by atoms with Gasteiger partial charge in [-0.25, -0.2) is 24.3 Å². The molecule has 122 heavy (non-hydrogen) atoms. The highest BCUT2D eigenvalue weighted by Crippen LogP contribution is 2.40. The fourth-order valence-electron chi connectivity index (χ4n) is 18.0. The van der Waals surface area contributed by atoms with Crippen molar-refractivity contribution in [3.05, 3.63) is 217 Å². The van der Waals surface area contributed by atoms with Crippen LogP contribution in [0.2, 0.25) is 0 Å². The Kier molecular flexibility index (Phi) is 22.5. The molecule has 0 spiro atoms. The molecule has 0 unspecified atom stereocenters. The van der Waals surface area contributed by atoms with Crippen molar-refractivity contribution in [3.63, 3.8) is 0 Å². The molecule has 20 rings (SSSR count). The lowest BCUT2D eigenvalue weighted by Gasteiger charge is -2.53. The Labute approximate surface area is 703 Å². The molecule has 29 nitrogen and oxygen atoms in total. The van der Waals surface area contributed by atoms with Crippen molar-refractivity contribution >= 4 is 61.3 Å². The number of rotatable bonds is 15. The maximum atomic E-state index is 13.2. The largest absolute Gasteiger partial charge is 0.349 e. The lowest BCUT2D eigenvalue weighted by Crippen LogP contribution is -2.62. The molecule has 1 aliphatic carbocycles. The summed E-state index contributed by atoms with van der Waals surface area (Å²) in [7, 11) is 2.17. The molecule has 4 fully saturated rings. The molecule has 0 radical (unpaired) electrons. The highest BCUT2D eigenvalue weighted by Gasteiger charge is 2.44. The molecule has 3 saturated heterocycles. The minimum atomic E-state index is -0.255. The number of aromatic amines is 8. The average Bonchev–Trinajstić information content (AvgIpc) is 1.77. The lowest BCUT2D eigenvalue weighted by molar-refractivity contribution is -0.0169. The van der Waals surface area contributed by atoms with Gasteiger partial charge in [-0.3, -0.25) is 60.1 Å². The predicted molar refractivity (Wildman–Crippen MR) is 470 cm³/mol. The first-order chi connectivity index (χ1) is 58.9. The topological polar surface area (TPSA) is 396 Å². The number of H-pyrrole nitrogens is 8.